The van der Waals surface area contributed by atoms with Gasteiger partial charge in [0.15, 0.2) is 5.76 Å². The molecule has 144 valence electrons. The molecule has 0 unspecified atom stereocenters. The van der Waals surface area contributed by atoms with Crippen LogP contribution in [-0.2, 0) is 0 Å². The summed E-state index contributed by atoms with van der Waals surface area (Å²) in [6, 6.07) is 20.0. The Labute approximate surface area is 168 Å². The first-order chi connectivity index (χ1) is 14.3. The molecule has 1 saturated heterocycles. The molecule has 5 rings (SSSR count). The number of piperazine rings is 1. The molecule has 6 heteroatoms. The highest BCUT2D eigenvalue weighted by Crippen LogP contribution is 2.24. The molecule has 0 saturated carbocycles. The van der Waals surface area contributed by atoms with E-state index in [-0.39, 0.29) is 5.91 Å². The summed E-state index contributed by atoms with van der Waals surface area (Å²) in [7, 11) is 0. The van der Waals surface area contributed by atoms with E-state index in [1.165, 1.54) is 17.0 Å². The zero-order valence-electron chi connectivity index (χ0n) is 15.9. The molecule has 0 N–H and O–H groups in total. The lowest BCUT2D eigenvalue weighted by atomic mass is 10.1. The van der Waals surface area contributed by atoms with Gasteiger partial charge in [-0.1, -0.05) is 36.4 Å². The minimum absolute atomic E-state index is 0.0690. The largest absolute Gasteiger partial charge is 0.459 e. The van der Waals surface area contributed by atoms with Crippen LogP contribution in [0.5, 0.6) is 0 Å². The monoisotopic (exact) mass is 384 g/mol. The number of anilines is 1. The number of amides is 1. The second-order valence-electron chi connectivity index (χ2n) is 7.06. The first-order valence-corrected chi connectivity index (χ1v) is 9.68. The number of carbonyl (C=O) groups is 1. The van der Waals surface area contributed by atoms with Crippen molar-refractivity contribution in [2.75, 3.05) is 31.1 Å². The molecule has 0 atom stereocenters. The highest BCUT2D eigenvalue weighted by atomic mass is 16.3. The second-order valence-corrected chi connectivity index (χ2v) is 7.06. The van der Waals surface area contributed by atoms with Crippen molar-refractivity contribution in [3.8, 4) is 11.3 Å². The lowest BCUT2D eigenvalue weighted by molar-refractivity contribution is 0.0714. The average Bonchev–Trinajstić information content (AvgIpc) is 3.33. The number of fused-ring (bicyclic) bond motifs is 1. The quantitative estimate of drug-likeness (QED) is 0.537. The fraction of sp³-hybridized carbons (Fsp3) is 0.174. The molecule has 3 heterocycles. The predicted octanol–water partition coefficient (Wildman–Crippen LogP) is 3.85. The molecule has 0 spiro atoms. The van der Waals surface area contributed by atoms with Crippen LogP contribution in [0.3, 0.4) is 0 Å². The van der Waals surface area contributed by atoms with Crippen LogP contribution < -0.4 is 4.90 Å². The molecule has 4 aromatic rings. The number of nitrogens with zero attached hydrogens (tertiary/aromatic N) is 4. The van der Waals surface area contributed by atoms with Crippen LogP contribution in [0.15, 0.2) is 77.5 Å². The number of hydrogen-bond acceptors (Lipinski definition) is 5. The summed E-state index contributed by atoms with van der Waals surface area (Å²) < 4.78 is 5.23. The van der Waals surface area contributed by atoms with E-state index < -0.39 is 0 Å². The van der Waals surface area contributed by atoms with E-state index in [9.17, 15) is 4.79 Å². The Bertz CT molecular complexity index is 1150. The Balaban J connectivity index is 1.33. The van der Waals surface area contributed by atoms with Crippen LogP contribution >= 0.6 is 0 Å². The summed E-state index contributed by atoms with van der Waals surface area (Å²) in [4.78, 5) is 25.6. The molecule has 29 heavy (non-hydrogen) atoms. The SMILES string of the molecule is O=C(c1ccco1)N1CCN(c2nccc(-c3ccc4ccccc4c3)n2)CC1. The summed E-state index contributed by atoms with van der Waals surface area (Å²) >= 11 is 0. The van der Waals surface area contributed by atoms with E-state index in [1.54, 1.807) is 18.3 Å². The number of hydrogen-bond donors (Lipinski definition) is 0. The molecule has 0 radical (unpaired) electrons. The van der Waals surface area contributed by atoms with Crippen molar-refractivity contribution in [2.45, 2.75) is 0 Å². The minimum Gasteiger partial charge on any atom is -0.459 e. The van der Waals surface area contributed by atoms with Crippen molar-refractivity contribution in [1.82, 2.24) is 14.9 Å². The zero-order chi connectivity index (χ0) is 19.6. The molecule has 6 nitrogen and oxygen atoms in total. The predicted molar refractivity (Wildman–Crippen MR) is 112 cm³/mol. The highest BCUT2D eigenvalue weighted by molar-refractivity contribution is 5.91. The van der Waals surface area contributed by atoms with Gasteiger partial charge in [-0.15, -0.1) is 0 Å². The number of benzene rings is 2. The number of aromatic nitrogens is 2. The second kappa shape index (κ2) is 7.39. The molecule has 2 aromatic carbocycles. The summed E-state index contributed by atoms with van der Waals surface area (Å²) in [6.45, 7) is 2.60. The van der Waals surface area contributed by atoms with Gasteiger partial charge in [-0.3, -0.25) is 4.79 Å². The fourth-order valence-electron chi connectivity index (χ4n) is 3.68. The molecular formula is C23H20N4O2. The van der Waals surface area contributed by atoms with Crippen LogP contribution in [0, 0.1) is 0 Å². The van der Waals surface area contributed by atoms with Crippen molar-refractivity contribution in [1.29, 1.82) is 0 Å². The van der Waals surface area contributed by atoms with Crippen molar-refractivity contribution < 1.29 is 9.21 Å². The van der Waals surface area contributed by atoms with Crippen LogP contribution in [0.25, 0.3) is 22.0 Å². The first-order valence-electron chi connectivity index (χ1n) is 9.68. The maximum absolute atomic E-state index is 12.4. The van der Waals surface area contributed by atoms with Crippen molar-refractivity contribution in [2.24, 2.45) is 0 Å². The third kappa shape index (κ3) is 3.45. The Morgan fingerprint density at radius 1 is 0.897 bits per heavy atom. The number of carbonyl (C=O) groups excluding carboxylic acids is 1. The van der Waals surface area contributed by atoms with E-state index >= 15 is 0 Å². The van der Waals surface area contributed by atoms with E-state index in [0.29, 0.717) is 37.9 Å². The maximum atomic E-state index is 12.4. The van der Waals surface area contributed by atoms with E-state index in [2.05, 4.69) is 40.2 Å². The molecule has 1 aliphatic rings. The van der Waals surface area contributed by atoms with Gasteiger partial charge < -0.3 is 14.2 Å². The number of rotatable bonds is 3. The van der Waals surface area contributed by atoms with E-state index in [1.807, 2.05) is 23.1 Å². The summed E-state index contributed by atoms with van der Waals surface area (Å²) in [5, 5.41) is 2.40. The van der Waals surface area contributed by atoms with Crippen LogP contribution in [0.1, 0.15) is 10.6 Å². The van der Waals surface area contributed by atoms with Crippen LogP contribution in [0.2, 0.25) is 0 Å². The average molecular weight is 384 g/mol. The highest BCUT2D eigenvalue weighted by Gasteiger charge is 2.25. The van der Waals surface area contributed by atoms with Gasteiger partial charge in [-0.25, -0.2) is 9.97 Å². The van der Waals surface area contributed by atoms with Gasteiger partial charge in [0.05, 0.1) is 12.0 Å². The van der Waals surface area contributed by atoms with Crippen molar-refractivity contribution in [3.63, 3.8) is 0 Å². The molecular weight excluding hydrogens is 364 g/mol. The summed E-state index contributed by atoms with van der Waals surface area (Å²) in [5.74, 6) is 1.01. The number of furan rings is 1. The van der Waals surface area contributed by atoms with Gasteiger partial charge in [0.2, 0.25) is 5.95 Å². The van der Waals surface area contributed by atoms with Gasteiger partial charge in [0.1, 0.15) is 0 Å². The standard InChI is InChI=1S/C23H20N4O2/c28-22(21-6-3-15-29-21)26-11-13-27(14-12-26)23-24-10-9-20(25-23)19-8-7-17-4-1-2-5-18(17)16-19/h1-10,15-16H,11-14H2. The smallest absolute Gasteiger partial charge is 0.289 e. The normalized spacial score (nSPS) is 14.3. The Kier molecular flexibility index (Phi) is 4.44. The molecule has 0 aliphatic carbocycles. The lowest BCUT2D eigenvalue weighted by Gasteiger charge is -2.34. The van der Waals surface area contributed by atoms with Gasteiger partial charge in [0, 0.05) is 37.9 Å². The topological polar surface area (TPSA) is 62.5 Å². The first kappa shape index (κ1) is 17.4. The molecule has 0 bridgehead atoms. The van der Waals surface area contributed by atoms with Gasteiger partial charge in [0.25, 0.3) is 5.91 Å². The Morgan fingerprint density at radius 2 is 1.72 bits per heavy atom. The molecule has 1 aliphatic heterocycles. The van der Waals surface area contributed by atoms with E-state index in [0.717, 1.165) is 11.3 Å². The van der Waals surface area contributed by atoms with Crippen LogP contribution in [0.4, 0.5) is 5.95 Å². The Hall–Kier alpha value is -3.67. The summed E-state index contributed by atoms with van der Waals surface area (Å²) in [5.41, 5.74) is 1.97. The zero-order valence-corrected chi connectivity index (χ0v) is 15.9. The van der Waals surface area contributed by atoms with Gasteiger partial charge >= 0.3 is 0 Å². The van der Waals surface area contributed by atoms with Crippen molar-refractivity contribution in [3.05, 3.63) is 78.9 Å². The molecule has 1 fully saturated rings. The van der Waals surface area contributed by atoms with Crippen molar-refractivity contribution >= 4 is 22.6 Å². The summed E-state index contributed by atoms with van der Waals surface area (Å²) in [6.07, 6.45) is 3.32. The third-order valence-electron chi connectivity index (χ3n) is 5.27. The molecule has 1 amide bonds. The van der Waals surface area contributed by atoms with Crippen LogP contribution in [-0.4, -0.2) is 47.0 Å². The fourth-order valence-corrected chi connectivity index (χ4v) is 3.68. The van der Waals surface area contributed by atoms with Gasteiger partial charge in [-0.2, -0.15) is 0 Å². The maximum Gasteiger partial charge on any atom is 0.289 e. The molecule has 2 aromatic heterocycles. The Morgan fingerprint density at radius 3 is 2.52 bits per heavy atom. The lowest BCUT2D eigenvalue weighted by Crippen LogP contribution is -2.49. The third-order valence-corrected chi connectivity index (χ3v) is 5.27. The van der Waals surface area contributed by atoms with E-state index in [4.69, 9.17) is 9.40 Å². The van der Waals surface area contributed by atoms with Gasteiger partial charge in [-0.05, 0) is 35.0 Å². The minimum atomic E-state index is -0.0690.